The van der Waals surface area contributed by atoms with Crippen molar-refractivity contribution < 1.29 is 10.2 Å². The summed E-state index contributed by atoms with van der Waals surface area (Å²) in [6.07, 6.45) is 0. The molecule has 0 fully saturated rings. The second-order valence-electron chi connectivity index (χ2n) is 2.61. The molecular weight excluding hydrogens is 168 g/mol. The number of nitrogens with one attached hydrogen (secondary N) is 1. The molecule has 1 aromatic carbocycles. The molecule has 0 bridgehead atoms. The minimum Gasteiger partial charge on any atom is -0.504 e. The van der Waals surface area contributed by atoms with Gasteiger partial charge >= 0.3 is 0 Å². The van der Waals surface area contributed by atoms with Crippen molar-refractivity contribution in [2.75, 3.05) is 0 Å². The van der Waals surface area contributed by atoms with Crippen LogP contribution in [0.2, 0.25) is 0 Å². The number of hydrogen-bond acceptors (Lipinski definition) is 3. The summed E-state index contributed by atoms with van der Waals surface area (Å²) in [5.74, 6) is -0.434. The van der Waals surface area contributed by atoms with Crippen LogP contribution in [0, 0.1) is 12.3 Å². The summed E-state index contributed by atoms with van der Waals surface area (Å²) in [5, 5.41) is 25.8. The van der Waals surface area contributed by atoms with Crippen LogP contribution in [0.3, 0.4) is 0 Å². The van der Waals surface area contributed by atoms with Crippen LogP contribution in [0.15, 0.2) is 17.1 Å². The highest BCUT2D eigenvalue weighted by Gasteiger charge is 2.10. The van der Waals surface area contributed by atoms with Crippen molar-refractivity contribution in [1.82, 2.24) is 0 Å². The highest BCUT2D eigenvalue weighted by atomic mass is 16.3. The number of rotatable bonds is 1. The lowest BCUT2D eigenvalue weighted by molar-refractivity contribution is 0.401. The average molecular weight is 178 g/mol. The van der Waals surface area contributed by atoms with Crippen molar-refractivity contribution in [3.8, 4) is 11.5 Å². The molecular formula is C9H10N2O2. The molecule has 0 aliphatic rings. The largest absolute Gasteiger partial charge is 0.504 e. The van der Waals surface area contributed by atoms with Gasteiger partial charge in [0.25, 0.3) is 0 Å². The number of aliphatic imine (C=N–C) groups is 1. The van der Waals surface area contributed by atoms with E-state index in [1.165, 1.54) is 12.1 Å². The zero-order valence-corrected chi connectivity index (χ0v) is 7.20. The first kappa shape index (κ1) is 9.25. The normalized spacial score (nSPS) is 9.62. The van der Waals surface area contributed by atoms with E-state index < -0.39 is 0 Å². The molecule has 0 unspecified atom stereocenters. The van der Waals surface area contributed by atoms with Crippen LogP contribution < -0.4 is 0 Å². The van der Waals surface area contributed by atoms with E-state index in [1.54, 1.807) is 6.92 Å². The second kappa shape index (κ2) is 3.26. The van der Waals surface area contributed by atoms with Crippen LogP contribution >= 0.6 is 0 Å². The molecule has 0 saturated heterocycles. The van der Waals surface area contributed by atoms with Crippen LogP contribution in [-0.2, 0) is 0 Å². The Hall–Kier alpha value is -1.84. The number of phenolic OH excluding ortho intramolecular Hbond substituents is 2. The molecule has 4 heteroatoms. The maximum absolute atomic E-state index is 9.32. The summed E-state index contributed by atoms with van der Waals surface area (Å²) < 4.78 is 0. The lowest BCUT2D eigenvalue weighted by Crippen LogP contribution is -1.97. The summed E-state index contributed by atoms with van der Waals surface area (Å²) in [6, 6.07) is 2.83. The summed E-state index contributed by atoms with van der Waals surface area (Å²) >= 11 is 0. The highest BCUT2D eigenvalue weighted by molar-refractivity contribution is 6.00. The first-order valence-electron chi connectivity index (χ1n) is 3.65. The van der Waals surface area contributed by atoms with E-state index in [2.05, 4.69) is 11.7 Å². The fraction of sp³-hybridized carbons (Fsp3) is 0.111. The maximum Gasteiger partial charge on any atom is 0.161 e. The lowest BCUT2D eigenvalue weighted by Gasteiger charge is -2.06. The predicted molar refractivity (Wildman–Crippen MR) is 50.9 cm³/mol. The minimum atomic E-state index is -0.217. The van der Waals surface area contributed by atoms with Crippen molar-refractivity contribution in [2.45, 2.75) is 6.92 Å². The highest BCUT2D eigenvalue weighted by Crippen LogP contribution is 2.30. The lowest BCUT2D eigenvalue weighted by atomic mass is 10.1. The molecule has 0 saturated carbocycles. The Labute approximate surface area is 75.7 Å². The Kier molecular flexibility index (Phi) is 2.32. The Bertz CT molecular complexity index is 372. The third kappa shape index (κ3) is 1.51. The van der Waals surface area contributed by atoms with Gasteiger partial charge in [0.05, 0.1) is 0 Å². The van der Waals surface area contributed by atoms with Gasteiger partial charge in [-0.15, -0.1) is 0 Å². The zero-order valence-electron chi connectivity index (χ0n) is 7.20. The molecule has 1 aromatic rings. The number of nitrogens with zero attached hydrogens (tertiary/aromatic N) is 1. The van der Waals surface area contributed by atoms with Gasteiger partial charge in [-0.3, -0.25) is 5.41 Å². The minimum absolute atomic E-state index is 0.0206. The number of phenols is 2. The smallest absolute Gasteiger partial charge is 0.161 e. The van der Waals surface area contributed by atoms with E-state index in [9.17, 15) is 5.11 Å². The number of hydrogen-bond donors (Lipinski definition) is 3. The zero-order chi connectivity index (χ0) is 10.0. The van der Waals surface area contributed by atoms with E-state index >= 15 is 0 Å². The SMILES string of the molecule is C=NC(=N)c1ccc(O)c(O)c1C. The van der Waals surface area contributed by atoms with Gasteiger partial charge in [-0.05, 0) is 25.8 Å². The Balaban J connectivity index is 3.33. The molecule has 0 heterocycles. The molecule has 68 valence electrons. The topological polar surface area (TPSA) is 76.7 Å². The number of aromatic hydroxyl groups is 2. The molecule has 1 rings (SSSR count). The van der Waals surface area contributed by atoms with Crippen LogP contribution in [0.1, 0.15) is 11.1 Å². The molecule has 0 spiro atoms. The maximum atomic E-state index is 9.32. The third-order valence-corrected chi connectivity index (χ3v) is 1.82. The fourth-order valence-corrected chi connectivity index (χ4v) is 1.03. The van der Waals surface area contributed by atoms with Gasteiger partial charge < -0.3 is 10.2 Å². The van der Waals surface area contributed by atoms with Gasteiger partial charge in [0.2, 0.25) is 0 Å². The van der Waals surface area contributed by atoms with Crippen LogP contribution in [-0.4, -0.2) is 22.8 Å². The van der Waals surface area contributed by atoms with Crippen LogP contribution in [0.4, 0.5) is 0 Å². The van der Waals surface area contributed by atoms with E-state index in [0.29, 0.717) is 11.1 Å². The van der Waals surface area contributed by atoms with Crippen molar-refractivity contribution in [3.05, 3.63) is 23.3 Å². The molecule has 0 aliphatic heterocycles. The number of amidine groups is 1. The average Bonchev–Trinajstić information content (AvgIpc) is 2.13. The van der Waals surface area contributed by atoms with Crippen molar-refractivity contribution in [1.29, 1.82) is 5.41 Å². The number of benzene rings is 1. The van der Waals surface area contributed by atoms with Gasteiger partial charge in [-0.25, -0.2) is 4.99 Å². The van der Waals surface area contributed by atoms with Crippen LogP contribution in [0.5, 0.6) is 11.5 Å². The van der Waals surface area contributed by atoms with Crippen molar-refractivity contribution >= 4 is 12.6 Å². The molecule has 0 aromatic heterocycles. The first-order valence-corrected chi connectivity index (χ1v) is 3.65. The van der Waals surface area contributed by atoms with E-state index in [0.717, 1.165) is 0 Å². The van der Waals surface area contributed by atoms with E-state index in [-0.39, 0.29) is 17.3 Å². The first-order chi connectivity index (χ1) is 6.07. The molecule has 4 nitrogen and oxygen atoms in total. The van der Waals surface area contributed by atoms with Gasteiger partial charge in [-0.1, -0.05) is 0 Å². The Morgan fingerprint density at radius 2 is 2.08 bits per heavy atom. The summed E-state index contributed by atoms with van der Waals surface area (Å²) in [7, 11) is 0. The molecule has 13 heavy (non-hydrogen) atoms. The standard InChI is InChI=1S/C9H10N2O2/c1-5-6(9(10)11-2)3-4-7(12)8(5)13/h3-4,10,12-13H,2H2,1H3. The molecule has 0 atom stereocenters. The summed E-state index contributed by atoms with van der Waals surface area (Å²) in [6.45, 7) is 4.81. The second-order valence-corrected chi connectivity index (χ2v) is 2.61. The van der Waals surface area contributed by atoms with Crippen LogP contribution in [0.25, 0.3) is 0 Å². The molecule has 0 radical (unpaired) electrons. The Morgan fingerprint density at radius 1 is 1.46 bits per heavy atom. The predicted octanol–water partition coefficient (Wildman–Crippen LogP) is 1.43. The Morgan fingerprint density at radius 3 is 2.62 bits per heavy atom. The quantitative estimate of drug-likeness (QED) is 0.345. The van der Waals surface area contributed by atoms with Gasteiger partial charge in [0.15, 0.2) is 17.3 Å². The van der Waals surface area contributed by atoms with E-state index in [1.807, 2.05) is 0 Å². The fourth-order valence-electron chi connectivity index (χ4n) is 1.03. The van der Waals surface area contributed by atoms with Gasteiger partial charge in [-0.2, -0.15) is 0 Å². The van der Waals surface area contributed by atoms with Gasteiger partial charge in [0.1, 0.15) is 0 Å². The molecule has 3 N–H and O–H groups in total. The molecule has 0 aliphatic carbocycles. The monoisotopic (exact) mass is 178 g/mol. The van der Waals surface area contributed by atoms with E-state index in [4.69, 9.17) is 10.5 Å². The van der Waals surface area contributed by atoms with Crippen molar-refractivity contribution in [3.63, 3.8) is 0 Å². The molecule has 0 amide bonds. The summed E-state index contributed by atoms with van der Waals surface area (Å²) in [5.41, 5.74) is 0.891. The van der Waals surface area contributed by atoms with Gasteiger partial charge in [0, 0.05) is 11.1 Å². The third-order valence-electron chi connectivity index (χ3n) is 1.82. The van der Waals surface area contributed by atoms with Crippen molar-refractivity contribution in [2.24, 2.45) is 4.99 Å². The summed E-state index contributed by atoms with van der Waals surface area (Å²) in [4.78, 5) is 3.43.